The third kappa shape index (κ3) is 2.41. The number of hydrogen-bond acceptors (Lipinski definition) is 2. The van der Waals surface area contributed by atoms with Gasteiger partial charge in [0.15, 0.2) is 0 Å². The van der Waals surface area contributed by atoms with E-state index in [4.69, 9.17) is 0 Å². The van der Waals surface area contributed by atoms with Crippen LogP contribution in [-0.2, 0) is 4.79 Å². The summed E-state index contributed by atoms with van der Waals surface area (Å²) < 4.78 is 0. The fourth-order valence-corrected chi connectivity index (χ4v) is 3.10. The predicted octanol–water partition coefficient (Wildman–Crippen LogP) is 2.73. The van der Waals surface area contributed by atoms with Gasteiger partial charge >= 0.3 is 5.97 Å². The zero-order valence-electron chi connectivity index (χ0n) is 11.0. The van der Waals surface area contributed by atoms with Crippen molar-refractivity contribution in [2.45, 2.75) is 44.7 Å². The molecule has 1 heterocycles. The number of rotatable bonds is 4. The van der Waals surface area contributed by atoms with E-state index in [1.54, 1.807) is 0 Å². The molecule has 3 atom stereocenters. The van der Waals surface area contributed by atoms with E-state index in [0.29, 0.717) is 18.4 Å². The van der Waals surface area contributed by atoms with Crippen LogP contribution in [0, 0.1) is 0 Å². The molecule has 0 radical (unpaired) electrons. The molecule has 18 heavy (non-hydrogen) atoms. The lowest BCUT2D eigenvalue weighted by Crippen LogP contribution is -2.43. The van der Waals surface area contributed by atoms with Crippen molar-refractivity contribution in [3.05, 3.63) is 35.9 Å². The van der Waals surface area contributed by atoms with Gasteiger partial charge in [-0.2, -0.15) is 0 Å². The van der Waals surface area contributed by atoms with Crippen LogP contribution in [0.15, 0.2) is 30.3 Å². The molecule has 3 unspecified atom stereocenters. The maximum Gasteiger partial charge on any atom is 0.320 e. The summed E-state index contributed by atoms with van der Waals surface area (Å²) in [6, 6.07) is 10.4. The van der Waals surface area contributed by atoms with Crippen molar-refractivity contribution in [2.24, 2.45) is 0 Å². The van der Waals surface area contributed by atoms with Crippen LogP contribution in [-0.4, -0.2) is 34.6 Å². The van der Waals surface area contributed by atoms with E-state index >= 15 is 0 Å². The molecule has 98 valence electrons. The molecule has 1 aliphatic rings. The van der Waals surface area contributed by atoms with Gasteiger partial charge in [0.2, 0.25) is 0 Å². The van der Waals surface area contributed by atoms with Crippen LogP contribution >= 0.6 is 0 Å². The smallest absolute Gasteiger partial charge is 0.320 e. The molecule has 1 aromatic rings. The fraction of sp³-hybridized carbons (Fsp3) is 0.533. The van der Waals surface area contributed by atoms with Crippen LogP contribution in [0.2, 0.25) is 0 Å². The van der Waals surface area contributed by atoms with E-state index in [-0.39, 0.29) is 6.04 Å². The molecule has 3 heteroatoms. The number of benzene rings is 1. The molecule has 0 aliphatic carbocycles. The number of aliphatic carboxylic acids is 1. The monoisotopic (exact) mass is 247 g/mol. The molecule has 1 saturated heterocycles. The van der Waals surface area contributed by atoms with Crippen LogP contribution in [0.4, 0.5) is 0 Å². The summed E-state index contributed by atoms with van der Waals surface area (Å²) in [6.45, 7) is 4.98. The van der Waals surface area contributed by atoms with E-state index in [9.17, 15) is 9.90 Å². The van der Waals surface area contributed by atoms with Crippen LogP contribution < -0.4 is 0 Å². The maximum atomic E-state index is 11.3. The van der Waals surface area contributed by atoms with Crippen LogP contribution in [0.25, 0.3) is 0 Å². The molecule has 0 saturated carbocycles. The van der Waals surface area contributed by atoms with E-state index in [1.807, 2.05) is 13.0 Å². The average Bonchev–Trinajstić information content (AvgIpc) is 2.73. The Labute approximate surface area is 108 Å². The van der Waals surface area contributed by atoms with Gasteiger partial charge in [0.25, 0.3) is 0 Å². The summed E-state index contributed by atoms with van der Waals surface area (Å²) in [7, 11) is 0. The Kier molecular flexibility index (Phi) is 4.02. The van der Waals surface area contributed by atoms with Crippen LogP contribution in [0.3, 0.4) is 0 Å². The van der Waals surface area contributed by atoms with Crippen molar-refractivity contribution in [1.82, 2.24) is 4.90 Å². The van der Waals surface area contributed by atoms with Gasteiger partial charge in [-0.25, -0.2) is 0 Å². The molecule has 1 aromatic carbocycles. The van der Waals surface area contributed by atoms with Gasteiger partial charge in [0, 0.05) is 12.0 Å². The number of carboxylic acids is 1. The maximum absolute atomic E-state index is 11.3. The van der Waals surface area contributed by atoms with Crippen molar-refractivity contribution >= 4 is 5.97 Å². The van der Waals surface area contributed by atoms with Gasteiger partial charge in [0.1, 0.15) is 6.04 Å². The number of hydrogen-bond donors (Lipinski definition) is 1. The highest BCUT2D eigenvalue weighted by molar-refractivity contribution is 5.73. The zero-order valence-corrected chi connectivity index (χ0v) is 11.0. The normalized spacial score (nSPS) is 26.1. The van der Waals surface area contributed by atoms with Crippen molar-refractivity contribution in [3.8, 4) is 0 Å². The lowest BCUT2D eigenvalue weighted by molar-refractivity contribution is -0.143. The number of carbonyl (C=O) groups is 1. The standard InChI is InChI=1S/C15H21NO2/c1-3-14(15(17)18)16-10-9-13(11(16)2)12-7-5-4-6-8-12/h4-8,11,13-14H,3,9-10H2,1-2H3,(H,17,18). The quantitative estimate of drug-likeness (QED) is 0.889. The first-order valence-electron chi connectivity index (χ1n) is 6.68. The first kappa shape index (κ1) is 13.1. The minimum absolute atomic E-state index is 0.299. The Morgan fingerprint density at radius 1 is 1.44 bits per heavy atom. The third-order valence-electron chi connectivity index (χ3n) is 4.10. The molecule has 2 rings (SSSR count). The Bertz CT molecular complexity index is 404. The summed E-state index contributed by atoms with van der Waals surface area (Å²) in [4.78, 5) is 13.4. The van der Waals surface area contributed by atoms with Crippen molar-refractivity contribution < 1.29 is 9.90 Å². The van der Waals surface area contributed by atoms with Crippen LogP contribution in [0.5, 0.6) is 0 Å². The first-order chi connectivity index (χ1) is 8.65. The summed E-state index contributed by atoms with van der Waals surface area (Å²) in [6.07, 6.45) is 1.72. The van der Waals surface area contributed by atoms with Gasteiger partial charge in [-0.15, -0.1) is 0 Å². The molecule has 1 aliphatic heterocycles. The molecule has 0 bridgehead atoms. The molecular formula is C15H21NO2. The van der Waals surface area contributed by atoms with Gasteiger partial charge in [-0.05, 0) is 31.9 Å². The molecule has 1 fully saturated rings. The fourth-order valence-electron chi connectivity index (χ4n) is 3.10. The number of carboxylic acid groups (broad SMARTS) is 1. The summed E-state index contributed by atoms with van der Waals surface area (Å²) in [5, 5.41) is 9.27. The van der Waals surface area contributed by atoms with Gasteiger partial charge in [0.05, 0.1) is 0 Å². The summed E-state index contributed by atoms with van der Waals surface area (Å²) in [5.74, 6) is -0.238. The first-order valence-corrected chi connectivity index (χ1v) is 6.68. The molecule has 0 amide bonds. The highest BCUT2D eigenvalue weighted by Crippen LogP contribution is 2.34. The second-order valence-electron chi connectivity index (χ2n) is 5.05. The lowest BCUT2D eigenvalue weighted by Gasteiger charge is -2.29. The van der Waals surface area contributed by atoms with E-state index in [0.717, 1.165) is 13.0 Å². The van der Waals surface area contributed by atoms with Gasteiger partial charge < -0.3 is 5.11 Å². The van der Waals surface area contributed by atoms with Crippen molar-refractivity contribution in [3.63, 3.8) is 0 Å². The van der Waals surface area contributed by atoms with Crippen molar-refractivity contribution in [2.75, 3.05) is 6.54 Å². The molecule has 0 aromatic heterocycles. The highest BCUT2D eigenvalue weighted by atomic mass is 16.4. The zero-order chi connectivity index (χ0) is 13.1. The summed E-state index contributed by atoms with van der Waals surface area (Å²) >= 11 is 0. The van der Waals surface area contributed by atoms with E-state index in [2.05, 4.69) is 36.1 Å². The second kappa shape index (κ2) is 5.53. The Hall–Kier alpha value is -1.35. The van der Waals surface area contributed by atoms with Crippen molar-refractivity contribution in [1.29, 1.82) is 0 Å². The predicted molar refractivity (Wildman–Crippen MR) is 71.7 cm³/mol. The second-order valence-corrected chi connectivity index (χ2v) is 5.05. The minimum atomic E-state index is -0.696. The highest BCUT2D eigenvalue weighted by Gasteiger charge is 2.37. The molecule has 3 nitrogen and oxygen atoms in total. The molecule has 1 N–H and O–H groups in total. The van der Waals surface area contributed by atoms with Gasteiger partial charge in [-0.3, -0.25) is 9.69 Å². The van der Waals surface area contributed by atoms with E-state index in [1.165, 1.54) is 5.56 Å². The number of nitrogens with zero attached hydrogens (tertiary/aromatic N) is 1. The Morgan fingerprint density at radius 3 is 2.67 bits per heavy atom. The Morgan fingerprint density at radius 2 is 2.11 bits per heavy atom. The van der Waals surface area contributed by atoms with E-state index < -0.39 is 5.97 Å². The largest absolute Gasteiger partial charge is 0.480 e. The third-order valence-corrected chi connectivity index (χ3v) is 4.10. The SMILES string of the molecule is CCC(C(=O)O)N1CCC(c2ccccc2)C1C. The van der Waals surface area contributed by atoms with Gasteiger partial charge in [-0.1, -0.05) is 37.3 Å². The molecular weight excluding hydrogens is 226 g/mol. The lowest BCUT2D eigenvalue weighted by atomic mass is 9.92. The Balaban J connectivity index is 2.14. The average molecular weight is 247 g/mol. The minimum Gasteiger partial charge on any atom is -0.480 e. The van der Waals surface area contributed by atoms with Crippen LogP contribution in [0.1, 0.15) is 38.2 Å². The number of likely N-dealkylation sites (tertiary alicyclic amines) is 1. The summed E-state index contributed by atoms with van der Waals surface area (Å²) in [5.41, 5.74) is 1.33. The topological polar surface area (TPSA) is 40.5 Å². The molecule has 0 spiro atoms.